The van der Waals surface area contributed by atoms with E-state index in [0.717, 1.165) is 33.1 Å². The minimum absolute atomic E-state index is 0.254. The molecule has 0 aromatic heterocycles. The molecule has 1 N–H and O–H groups in total. The Kier molecular flexibility index (Phi) is 7.58. The number of amides is 3. The number of anilines is 1. The van der Waals surface area contributed by atoms with Gasteiger partial charge in [0.05, 0.1) is 16.0 Å². The first kappa shape index (κ1) is 22.4. The van der Waals surface area contributed by atoms with Gasteiger partial charge < -0.3 is 10.1 Å². The topological polar surface area (TPSA) is 75.7 Å². The molecule has 0 unspecified atom stereocenters. The number of nitrogens with one attached hydrogen (secondary N) is 1. The predicted octanol–water partition coefficient (Wildman–Crippen LogP) is 5.57. The number of carbonyl (C=O) groups excluding carboxylic acids is 3. The molecule has 1 saturated heterocycles. The molecule has 2 aromatic carbocycles. The number of carbonyl (C=O) groups is 3. The first-order valence-corrected chi connectivity index (χ1v) is 11.1. The molecule has 0 atom stereocenters. The molecule has 0 radical (unpaired) electrons. The number of rotatable bonds is 7. The van der Waals surface area contributed by atoms with Crippen LogP contribution in [0.2, 0.25) is 5.02 Å². The van der Waals surface area contributed by atoms with E-state index in [2.05, 4.69) is 21.2 Å². The van der Waals surface area contributed by atoms with Gasteiger partial charge >= 0.3 is 0 Å². The van der Waals surface area contributed by atoms with E-state index in [1.165, 1.54) is 0 Å². The van der Waals surface area contributed by atoms with Gasteiger partial charge in [-0.2, -0.15) is 0 Å². The minimum atomic E-state index is -0.506. The Balaban J connectivity index is 1.68. The molecular formula is C21H18BrClN2O4S. The smallest absolute Gasteiger partial charge is 0.294 e. The second kappa shape index (κ2) is 10.1. The molecule has 30 heavy (non-hydrogen) atoms. The van der Waals surface area contributed by atoms with Crippen molar-refractivity contribution < 1.29 is 19.1 Å². The van der Waals surface area contributed by atoms with Gasteiger partial charge in [-0.3, -0.25) is 19.3 Å². The Hall–Kier alpha value is -2.29. The number of ether oxygens (including phenoxy) is 1. The summed E-state index contributed by atoms with van der Waals surface area (Å²) in [6.07, 6.45) is 2.51. The van der Waals surface area contributed by atoms with Crippen LogP contribution < -0.4 is 10.1 Å². The minimum Gasteiger partial charge on any atom is -0.492 e. The van der Waals surface area contributed by atoms with Gasteiger partial charge in [0.2, 0.25) is 5.91 Å². The third-order valence-corrected chi connectivity index (χ3v) is 5.76. The standard InChI is InChI=1S/C21H18BrClN2O4S/c1-2-8-29-17-7-6-13(9-16(17)22)10-18-20(27)25(21(28)30-18)12-19(26)24-15-5-3-4-14(23)11-15/h3-7,9-11H,2,8,12H2,1H3,(H,24,26)/b18-10-. The fourth-order valence-electron chi connectivity index (χ4n) is 2.63. The molecular weight excluding hydrogens is 492 g/mol. The zero-order valence-corrected chi connectivity index (χ0v) is 19.1. The van der Waals surface area contributed by atoms with Crippen LogP contribution in [0.25, 0.3) is 6.08 Å². The van der Waals surface area contributed by atoms with E-state index < -0.39 is 17.1 Å². The Morgan fingerprint density at radius 2 is 2.07 bits per heavy atom. The molecule has 6 nitrogen and oxygen atoms in total. The average Bonchev–Trinajstić information content (AvgIpc) is 2.95. The van der Waals surface area contributed by atoms with E-state index in [9.17, 15) is 14.4 Å². The Bertz CT molecular complexity index is 1030. The lowest BCUT2D eigenvalue weighted by molar-refractivity contribution is -0.127. The molecule has 0 bridgehead atoms. The highest BCUT2D eigenvalue weighted by atomic mass is 79.9. The molecule has 1 fully saturated rings. The number of imide groups is 1. The van der Waals surface area contributed by atoms with Crippen LogP contribution in [-0.2, 0) is 9.59 Å². The molecule has 156 valence electrons. The highest BCUT2D eigenvalue weighted by Crippen LogP contribution is 2.34. The van der Waals surface area contributed by atoms with Crippen molar-refractivity contribution in [3.05, 3.63) is 62.4 Å². The van der Waals surface area contributed by atoms with Crippen LogP contribution >= 0.6 is 39.3 Å². The zero-order chi connectivity index (χ0) is 21.7. The summed E-state index contributed by atoms with van der Waals surface area (Å²) in [7, 11) is 0. The van der Waals surface area contributed by atoms with Gasteiger partial charge in [0, 0.05) is 10.7 Å². The van der Waals surface area contributed by atoms with Gasteiger partial charge in [-0.05, 0) is 76.1 Å². The summed E-state index contributed by atoms with van der Waals surface area (Å²) in [4.78, 5) is 38.3. The SMILES string of the molecule is CCCOc1ccc(/C=C2\SC(=O)N(CC(=O)Nc3cccc(Cl)c3)C2=O)cc1Br. The van der Waals surface area contributed by atoms with E-state index in [4.69, 9.17) is 16.3 Å². The van der Waals surface area contributed by atoms with Crippen LogP contribution in [-0.4, -0.2) is 35.1 Å². The summed E-state index contributed by atoms with van der Waals surface area (Å²) < 4.78 is 6.37. The molecule has 1 heterocycles. The number of hydrogen-bond donors (Lipinski definition) is 1. The third kappa shape index (κ3) is 5.65. The molecule has 9 heteroatoms. The third-order valence-electron chi connectivity index (χ3n) is 4.00. The lowest BCUT2D eigenvalue weighted by atomic mass is 10.2. The van der Waals surface area contributed by atoms with E-state index in [1.54, 1.807) is 42.5 Å². The van der Waals surface area contributed by atoms with Gasteiger partial charge in [-0.25, -0.2) is 0 Å². The summed E-state index contributed by atoms with van der Waals surface area (Å²) in [5, 5.41) is 2.61. The number of benzene rings is 2. The lowest BCUT2D eigenvalue weighted by Crippen LogP contribution is -2.36. The van der Waals surface area contributed by atoms with Crippen molar-refractivity contribution in [1.82, 2.24) is 4.90 Å². The van der Waals surface area contributed by atoms with Crippen molar-refractivity contribution >= 4 is 68.1 Å². The Morgan fingerprint density at radius 3 is 2.77 bits per heavy atom. The lowest BCUT2D eigenvalue weighted by Gasteiger charge is -2.12. The number of nitrogens with zero attached hydrogens (tertiary/aromatic N) is 1. The average molecular weight is 510 g/mol. The summed E-state index contributed by atoms with van der Waals surface area (Å²) >= 11 is 10.1. The van der Waals surface area contributed by atoms with Gasteiger partial charge in [0.25, 0.3) is 11.1 Å². The molecule has 3 rings (SSSR count). The van der Waals surface area contributed by atoms with Crippen molar-refractivity contribution in [1.29, 1.82) is 0 Å². The molecule has 0 aliphatic carbocycles. The van der Waals surface area contributed by atoms with Crippen LogP contribution in [0.1, 0.15) is 18.9 Å². The molecule has 2 aromatic rings. The van der Waals surface area contributed by atoms with Crippen LogP contribution in [0.4, 0.5) is 10.5 Å². The maximum Gasteiger partial charge on any atom is 0.294 e. The van der Waals surface area contributed by atoms with Crippen molar-refractivity contribution in [2.75, 3.05) is 18.5 Å². The predicted molar refractivity (Wildman–Crippen MR) is 123 cm³/mol. The zero-order valence-electron chi connectivity index (χ0n) is 16.0. The molecule has 0 saturated carbocycles. The van der Waals surface area contributed by atoms with E-state index in [0.29, 0.717) is 23.1 Å². The highest BCUT2D eigenvalue weighted by Gasteiger charge is 2.36. The summed E-state index contributed by atoms with van der Waals surface area (Å²) in [6.45, 7) is 2.25. The van der Waals surface area contributed by atoms with Gasteiger partial charge in [0.15, 0.2) is 0 Å². The van der Waals surface area contributed by atoms with Crippen LogP contribution in [0, 0.1) is 0 Å². The number of thioether (sulfide) groups is 1. The Morgan fingerprint density at radius 1 is 1.27 bits per heavy atom. The fourth-order valence-corrected chi connectivity index (χ4v) is 4.17. The van der Waals surface area contributed by atoms with Crippen molar-refractivity contribution in [3.8, 4) is 5.75 Å². The summed E-state index contributed by atoms with van der Waals surface area (Å²) in [5.74, 6) is -0.283. The maximum absolute atomic E-state index is 12.6. The largest absolute Gasteiger partial charge is 0.492 e. The van der Waals surface area contributed by atoms with Gasteiger partial charge in [-0.15, -0.1) is 0 Å². The first-order chi connectivity index (χ1) is 14.4. The Labute approximate surface area is 191 Å². The number of halogens is 2. The van der Waals surface area contributed by atoms with Crippen LogP contribution in [0.15, 0.2) is 51.8 Å². The first-order valence-electron chi connectivity index (χ1n) is 9.10. The maximum atomic E-state index is 12.6. The summed E-state index contributed by atoms with van der Waals surface area (Å²) in [6, 6.07) is 12.0. The van der Waals surface area contributed by atoms with Crippen LogP contribution in [0.3, 0.4) is 0 Å². The number of hydrogen-bond acceptors (Lipinski definition) is 5. The molecule has 0 spiro atoms. The molecule has 1 aliphatic heterocycles. The second-order valence-electron chi connectivity index (χ2n) is 6.36. The van der Waals surface area contributed by atoms with E-state index in [-0.39, 0.29) is 11.4 Å². The second-order valence-corrected chi connectivity index (χ2v) is 8.65. The van der Waals surface area contributed by atoms with E-state index >= 15 is 0 Å². The molecule has 1 aliphatic rings. The fraction of sp³-hybridized carbons (Fsp3) is 0.190. The van der Waals surface area contributed by atoms with Gasteiger partial charge in [0.1, 0.15) is 12.3 Å². The normalized spacial score (nSPS) is 15.0. The summed E-state index contributed by atoms with van der Waals surface area (Å²) in [5.41, 5.74) is 1.23. The van der Waals surface area contributed by atoms with Crippen LogP contribution in [0.5, 0.6) is 5.75 Å². The van der Waals surface area contributed by atoms with Gasteiger partial charge in [-0.1, -0.05) is 30.7 Å². The quantitative estimate of drug-likeness (QED) is 0.494. The molecule has 3 amide bonds. The van der Waals surface area contributed by atoms with E-state index in [1.807, 2.05) is 13.0 Å². The van der Waals surface area contributed by atoms with Crippen molar-refractivity contribution in [2.45, 2.75) is 13.3 Å². The van der Waals surface area contributed by atoms with Crippen molar-refractivity contribution in [2.24, 2.45) is 0 Å². The highest BCUT2D eigenvalue weighted by molar-refractivity contribution is 9.10. The monoisotopic (exact) mass is 508 g/mol. The van der Waals surface area contributed by atoms with Crippen molar-refractivity contribution in [3.63, 3.8) is 0 Å².